The van der Waals surface area contributed by atoms with Crippen LogP contribution in [0.4, 0.5) is 5.69 Å². The summed E-state index contributed by atoms with van der Waals surface area (Å²) in [6.45, 7) is 2.70. The van der Waals surface area contributed by atoms with E-state index in [9.17, 15) is 9.59 Å². The molecule has 0 saturated heterocycles. The highest BCUT2D eigenvalue weighted by atomic mass is 16.2. The fourth-order valence-corrected chi connectivity index (χ4v) is 3.46. The van der Waals surface area contributed by atoms with E-state index in [-0.39, 0.29) is 11.8 Å². The molecule has 0 fully saturated rings. The van der Waals surface area contributed by atoms with Crippen molar-refractivity contribution in [2.75, 3.05) is 5.32 Å². The second-order valence-electron chi connectivity index (χ2n) is 7.32. The second-order valence-corrected chi connectivity index (χ2v) is 7.32. The quantitative estimate of drug-likeness (QED) is 0.701. The number of amides is 2. The van der Waals surface area contributed by atoms with Gasteiger partial charge in [0.2, 0.25) is 5.91 Å². The Hall–Kier alpha value is -3.41. The van der Waals surface area contributed by atoms with Gasteiger partial charge in [0.05, 0.1) is 5.69 Å². The lowest BCUT2D eigenvalue weighted by Gasteiger charge is -2.14. The summed E-state index contributed by atoms with van der Waals surface area (Å²) in [7, 11) is 0. The van der Waals surface area contributed by atoms with E-state index in [1.165, 1.54) is 12.8 Å². The Morgan fingerprint density at radius 1 is 1.03 bits per heavy atom. The average molecular weight is 388 g/mol. The molecule has 1 atom stereocenters. The zero-order valence-electron chi connectivity index (χ0n) is 16.4. The molecule has 0 aliphatic carbocycles. The average Bonchev–Trinajstić information content (AvgIpc) is 3.19. The van der Waals surface area contributed by atoms with Gasteiger partial charge in [-0.15, -0.1) is 0 Å². The van der Waals surface area contributed by atoms with Gasteiger partial charge >= 0.3 is 0 Å². The lowest BCUT2D eigenvalue weighted by atomic mass is 10.1. The SMILES string of the molecule is CC(NC(=O)c1ccccc1)C(=O)Nc1ccc(-c2cn3c(n2)CCCC3)cc1. The Bertz CT molecular complexity index is 986. The van der Waals surface area contributed by atoms with E-state index in [2.05, 4.69) is 21.4 Å². The molecule has 6 heteroatoms. The van der Waals surface area contributed by atoms with Crippen LogP contribution < -0.4 is 10.6 Å². The first-order valence-electron chi connectivity index (χ1n) is 9.93. The fourth-order valence-electron chi connectivity index (χ4n) is 3.46. The second kappa shape index (κ2) is 8.31. The van der Waals surface area contributed by atoms with Crippen molar-refractivity contribution in [3.05, 3.63) is 72.2 Å². The maximum absolute atomic E-state index is 12.4. The molecular weight excluding hydrogens is 364 g/mol. The molecule has 0 spiro atoms. The standard InChI is InChI=1S/C23H24N4O2/c1-16(24-23(29)18-7-3-2-4-8-18)22(28)25-19-12-10-17(11-13-19)20-15-27-14-6-5-9-21(27)26-20/h2-4,7-8,10-13,15-16H,5-6,9,14H2,1H3,(H,24,29)(H,25,28). The number of hydrogen-bond donors (Lipinski definition) is 2. The summed E-state index contributed by atoms with van der Waals surface area (Å²) in [5, 5.41) is 5.56. The first kappa shape index (κ1) is 18.9. The first-order chi connectivity index (χ1) is 14.1. The smallest absolute Gasteiger partial charge is 0.251 e. The van der Waals surface area contributed by atoms with Crippen LogP contribution in [-0.2, 0) is 17.8 Å². The van der Waals surface area contributed by atoms with Crippen LogP contribution in [0.15, 0.2) is 60.8 Å². The monoisotopic (exact) mass is 388 g/mol. The number of carbonyl (C=O) groups is 2. The van der Waals surface area contributed by atoms with E-state index in [0.717, 1.165) is 30.0 Å². The highest BCUT2D eigenvalue weighted by molar-refractivity contribution is 6.01. The number of imidazole rings is 1. The summed E-state index contributed by atoms with van der Waals surface area (Å²) in [6, 6.07) is 15.8. The van der Waals surface area contributed by atoms with Crippen LogP contribution in [0.5, 0.6) is 0 Å². The van der Waals surface area contributed by atoms with Crippen molar-refractivity contribution in [1.29, 1.82) is 0 Å². The molecule has 1 unspecified atom stereocenters. The van der Waals surface area contributed by atoms with Gasteiger partial charge in [0.15, 0.2) is 0 Å². The molecule has 2 amide bonds. The van der Waals surface area contributed by atoms with E-state index in [1.54, 1.807) is 31.2 Å². The molecule has 148 valence electrons. The lowest BCUT2D eigenvalue weighted by molar-refractivity contribution is -0.117. The molecular formula is C23H24N4O2. The van der Waals surface area contributed by atoms with Crippen molar-refractivity contribution in [1.82, 2.24) is 14.9 Å². The summed E-state index contributed by atoms with van der Waals surface area (Å²) in [4.78, 5) is 29.4. The molecule has 1 aliphatic heterocycles. The molecule has 29 heavy (non-hydrogen) atoms. The highest BCUT2D eigenvalue weighted by Gasteiger charge is 2.17. The van der Waals surface area contributed by atoms with Crippen molar-refractivity contribution in [2.24, 2.45) is 0 Å². The highest BCUT2D eigenvalue weighted by Crippen LogP contribution is 2.24. The molecule has 2 heterocycles. The maximum atomic E-state index is 12.4. The number of hydrogen-bond acceptors (Lipinski definition) is 3. The Balaban J connectivity index is 1.37. The Labute approximate surface area is 170 Å². The molecule has 3 aromatic rings. The van der Waals surface area contributed by atoms with Gasteiger partial charge in [0.25, 0.3) is 5.91 Å². The van der Waals surface area contributed by atoms with Crippen LogP contribution in [0.2, 0.25) is 0 Å². The third kappa shape index (κ3) is 4.37. The zero-order valence-corrected chi connectivity index (χ0v) is 16.4. The summed E-state index contributed by atoms with van der Waals surface area (Å²) >= 11 is 0. The number of benzene rings is 2. The number of nitrogens with one attached hydrogen (secondary N) is 2. The predicted octanol–water partition coefficient (Wildman–Crippen LogP) is 3.64. The zero-order chi connectivity index (χ0) is 20.2. The number of anilines is 1. The third-order valence-electron chi connectivity index (χ3n) is 5.13. The number of fused-ring (bicyclic) bond motifs is 1. The van der Waals surface area contributed by atoms with Gasteiger partial charge in [-0.2, -0.15) is 0 Å². The summed E-state index contributed by atoms with van der Waals surface area (Å²) in [5.41, 5.74) is 3.20. The van der Waals surface area contributed by atoms with Gasteiger partial charge in [0, 0.05) is 36.0 Å². The molecule has 0 bridgehead atoms. The number of carbonyl (C=O) groups excluding carboxylic acids is 2. The number of rotatable bonds is 5. The maximum Gasteiger partial charge on any atom is 0.251 e. The van der Waals surface area contributed by atoms with Crippen LogP contribution in [0.1, 0.15) is 35.9 Å². The minimum Gasteiger partial charge on any atom is -0.341 e. The minimum absolute atomic E-state index is 0.264. The number of aryl methyl sites for hydroxylation is 2. The predicted molar refractivity (Wildman–Crippen MR) is 113 cm³/mol. The van der Waals surface area contributed by atoms with Crippen LogP contribution >= 0.6 is 0 Å². The van der Waals surface area contributed by atoms with Gasteiger partial charge in [0.1, 0.15) is 11.9 Å². The fraction of sp³-hybridized carbons (Fsp3) is 0.261. The molecule has 0 radical (unpaired) electrons. The van der Waals surface area contributed by atoms with Crippen molar-refractivity contribution < 1.29 is 9.59 Å². The molecule has 2 aromatic carbocycles. The Morgan fingerprint density at radius 2 is 1.79 bits per heavy atom. The number of nitrogens with zero attached hydrogens (tertiary/aromatic N) is 2. The largest absolute Gasteiger partial charge is 0.341 e. The molecule has 0 saturated carbocycles. The van der Waals surface area contributed by atoms with Gasteiger partial charge in [-0.1, -0.05) is 30.3 Å². The molecule has 2 N–H and O–H groups in total. The van der Waals surface area contributed by atoms with Gasteiger partial charge in [-0.3, -0.25) is 9.59 Å². The van der Waals surface area contributed by atoms with E-state index in [0.29, 0.717) is 11.3 Å². The van der Waals surface area contributed by atoms with Crippen molar-refractivity contribution in [3.63, 3.8) is 0 Å². The van der Waals surface area contributed by atoms with Crippen molar-refractivity contribution in [3.8, 4) is 11.3 Å². The van der Waals surface area contributed by atoms with Crippen molar-refractivity contribution in [2.45, 2.75) is 38.8 Å². The Kier molecular flexibility index (Phi) is 5.42. The molecule has 4 rings (SSSR count). The van der Waals surface area contributed by atoms with Crippen molar-refractivity contribution >= 4 is 17.5 Å². The Morgan fingerprint density at radius 3 is 2.52 bits per heavy atom. The van der Waals surface area contributed by atoms with Gasteiger partial charge in [-0.25, -0.2) is 4.98 Å². The van der Waals surface area contributed by atoms with Crippen LogP contribution in [0, 0.1) is 0 Å². The third-order valence-corrected chi connectivity index (χ3v) is 5.13. The van der Waals surface area contributed by atoms with Gasteiger partial charge in [-0.05, 0) is 44.0 Å². The van der Waals surface area contributed by atoms with E-state index < -0.39 is 6.04 Å². The van der Waals surface area contributed by atoms with Crippen LogP contribution in [0.3, 0.4) is 0 Å². The number of aromatic nitrogens is 2. The molecule has 6 nitrogen and oxygen atoms in total. The molecule has 1 aliphatic rings. The topological polar surface area (TPSA) is 76.0 Å². The van der Waals surface area contributed by atoms with E-state index >= 15 is 0 Å². The normalized spacial score (nSPS) is 14.0. The minimum atomic E-state index is -0.651. The van der Waals surface area contributed by atoms with Gasteiger partial charge < -0.3 is 15.2 Å². The van der Waals surface area contributed by atoms with E-state index in [1.807, 2.05) is 30.3 Å². The van der Waals surface area contributed by atoms with E-state index in [4.69, 9.17) is 4.98 Å². The summed E-state index contributed by atoms with van der Waals surface area (Å²) < 4.78 is 2.23. The molecule has 1 aromatic heterocycles. The first-order valence-corrected chi connectivity index (χ1v) is 9.93. The lowest BCUT2D eigenvalue weighted by Crippen LogP contribution is -2.41. The van der Waals surface area contributed by atoms with Crippen LogP contribution in [0.25, 0.3) is 11.3 Å². The summed E-state index contributed by atoms with van der Waals surface area (Å²) in [6.07, 6.45) is 5.52. The van der Waals surface area contributed by atoms with Crippen LogP contribution in [-0.4, -0.2) is 27.4 Å². The summed E-state index contributed by atoms with van der Waals surface area (Å²) in [5.74, 6) is 0.610.